The zero-order valence-electron chi connectivity index (χ0n) is 11.0. The number of para-hydroxylation sites is 1. The Balaban J connectivity index is 2.03. The lowest BCUT2D eigenvalue weighted by atomic mass is 10.1. The summed E-state index contributed by atoms with van der Waals surface area (Å²) in [6, 6.07) is 7.56. The van der Waals surface area contributed by atoms with Crippen molar-refractivity contribution in [3.05, 3.63) is 47.8 Å². The number of carboxylic acids is 1. The van der Waals surface area contributed by atoms with Gasteiger partial charge in [-0.1, -0.05) is 25.1 Å². The number of carboxylic acid groups (broad SMARTS) is 1. The first-order chi connectivity index (χ1) is 9.60. The lowest BCUT2D eigenvalue weighted by molar-refractivity contribution is -0.116. The Labute approximate surface area is 116 Å². The highest BCUT2D eigenvalue weighted by Crippen LogP contribution is 2.15. The van der Waals surface area contributed by atoms with E-state index >= 15 is 0 Å². The van der Waals surface area contributed by atoms with Crippen LogP contribution in [0.3, 0.4) is 0 Å². The van der Waals surface area contributed by atoms with E-state index in [1.165, 1.54) is 17.1 Å². The number of benzene rings is 1. The summed E-state index contributed by atoms with van der Waals surface area (Å²) in [4.78, 5) is 22.6. The zero-order chi connectivity index (χ0) is 14.5. The van der Waals surface area contributed by atoms with Crippen LogP contribution in [0.4, 0.5) is 5.69 Å². The molecule has 2 rings (SSSR count). The molecule has 0 aliphatic heterocycles. The second-order valence-electron chi connectivity index (χ2n) is 4.29. The van der Waals surface area contributed by atoms with Gasteiger partial charge in [-0.15, -0.1) is 0 Å². The Hall–Kier alpha value is -2.63. The summed E-state index contributed by atoms with van der Waals surface area (Å²) in [6.45, 7) is 1.99. The minimum Gasteiger partial charge on any atom is -0.478 e. The van der Waals surface area contributed by atoms with Gasteiger partial charge in [-0.25, -0.2) is 4.79 Å². The average molecular weight is 273 g/mol. The Morgan fingerprint density at radius 1 is 1.35 bits per heavy atom. The summed E-state index contributed by atoms with van der Waals surface area (Å²) in [5, 5.41) is 15.4. The highest BCUT2D eigenvalue weighted by Gasteiger charge is 2.10. The molecule has 1 aromatic heterocycles. The van der Waals surface area contributed by atoms with Crippen molar-refractivity contribution in [2.24, 2.45) is 0 Å². The summed E-state index contributed by atoms with van der Waals surface area (Å²) >= 11 is 0. The number of hydrogen-bond acceptors (Lipinski definition) is 3. The molecule has 0 fully saturated rings. The third-order valence-corrected chi connectivity index (χ3v) is 2.86. The van der Waals surface area contributed by atoms with Gasteiger partial charge in [-0.2, -0.15) is 5.10 Å². The van der Waals surface area contributed by atoms with Gasteiger partial charge in [0.25, 0.3) is 0 Å². The van der Waals surface area contributed by atoms with Gasteiger partial charge in [-0.05, 0) is 18.1 Å². The number of anilines is 1. The number of nitrogens with one attached hydrogen (secondary N) is 1. The van der Waals surface area contributed by atoms with Crippen molar-refractivity contribution in [2.45, 2.75) is 19.9 Å². The van der Waals surface area contributed by atoms with E-state index in [1.807, 2.05) is 31.2 Å². The summed E-state index contributed by atoms with van der Waals surface area (Å²) in [7, 11) is 0. The van der Waals surface area contributed by atoms with Crippen molar-refractivity contribution >= 4 is 17.6 Å². The van der Waals surface area contributed by atoms with Crippen molar-refractivity contribution in [1.82, 2.24) is 9.78 Å². The molecule has 0 atom stereocenters. The number of aromatic nitrogens is 2. The van der Waals surface area contributed by atoms with Crippen molar-refractivity contribution in [3.63, 3.8) is 0 Å². The topological polar surface area (TPSA) is 84.2 Å². The van der Waals surface area contributed by atoms with Crippen molar-refractivity contribution in [3.8, 4) is 0 Å². The van der Waals surface area contributed by atoms with Crippen molar-refractivity contribution < 1.29 is 14.7 Å². The van der Waals surface area contributed by atoms with E-state index < -0.39 is 5.97 Å². The number of aryl methyl sites for hydroxylation is 1. The van der Waals surface area contributed by atoms with Gasteiger partial charge >= 0.3 is 5.97 Å². The maximum atomic E-state index is 11.9. The summed E-state index contributed by atoms with van der Waals surface area (Å²) in [5.41, 5.74) is 1.88. The molecule has 6 nitrogen and oxygen atoms in total. The molecule has 20 heavy (non-hydrogen) atoms. The molecule has 104 valence electrons. The number of carbonyl (C=O) groups excluding carboxylic acids is 1. The maximum Gasteiger partial charge on any atom is 0.338 e. The maximum absolute atomic E-state index is 11.9. The number of carbonyl (C=O) groups is 2. The fourth-order valence-electron chi connectivity index (χ4n) is 1.85. The van der Waals surface area contributed by atoms with Gasteiger partial charge in [0.2, 0.25) is 5.91 Å². The van der Waals surface area contributed by atoms with E-state index in [4.69, 9.17) is 5.11 Å². The van der Waals surface area contributed by atoms with Crippen molar-refractivity contribution in [1.29, 1.82) is 0 Å². The molecule has 0 saturated carbocycles. The molecule has 0 radical (unpaired) electrons. The van der Waals surface area contributed by atoms with Gasteiger partial charge in [0.05, 0.1) is 11.8 Å². The lowest BCUT2D eigenvalue weighted by Gasteiger charge is -2.09. The average Bonchev–Trinajstić information content (AvgIpc) is 2.88. The van der Waals surface area contributed by atoms with Crippen LogP contribution in [0.25, 0.3) is 0 Å². The SMILES string of the molecule is CCc1ccccc1NC(=O)Cn1cc(C(=O)O)cn1. The van der Waals surface area contributed by atoms with Gasteiger partial charge in [0.1, 0.15) is 6.54 Å². The largest absolute Gasteiger partial charge is 0.478 e. The molecule has 0 bridgehead atoms. The van der Waals surface area contributed by atoms with Crippen LogP contribution in [0.5, 0.6) is 0 Å². The van der Waals surface area contributed by atoms with Crippen LogP contribution in [0.15, 0.2) is 36.7 Å². The summed E-state index contributed by atoms with van der Waals surface area (Å²) in [6.07, 6.45) is 3.37. The first kappa shape index (κ1) is 13.8. The van der Waals surface area contributed by atoms with Gasteiger partial charge in [0.15, 0.2) is 0 Å². The fraction of sp³-hybridized carbons (Fsp3) is 0.214. The number of hydrogen-bond donors (Lipinski definition) is 2. The Kier molecular flexibility index (Phi) is 4.14. The van der Waals surface area contributed by atoms with Crippen LogP contribution in [0.2, 0.25) is 0 Å². The predicted octanol–water partition coefficient (Wildman–Crippen LogP) is 1.78. The van der Waals surface area contributed by atoms with E-state index in [0.29, 0.717) is 0 Å². The third-order valence-electron chi connectivity index (χ3n) is 2.86. The summed E-state index contributed by atoms with van der Waals surface area (Å²) < 4.78 is 1.30. The van der Waals surface area contributed by atoms with Crippen LogP contribution in [-0.2, 0) is 17.8 Å². The van der Waals surface area contributed by atoms with E-state index in [1.54, 1.807) is 0 Å². The van der Waals surface area contributed by atoms with E-state index in [9.17, 15) is 9.59 Å². The van der Waals surface area contributed by atoms with Crippen LogP contribution in [0, 0.1) is 0 Å². The van der Waals surface area contributed by atoms with Crippen molar-refractivity contribution in [2.75, 3.05) is 5.32 Å². The molecular weight excluding hydrogens is 258 g/mol. The van der Waals surface area contributed by atoms with Crippen LogP contribution in [-0.4, -0.2) is 26.8 Å². The number of rotatable bonds is 5. The minimum absolute atomic E-state index is 0.0225. The van der Waals surface area contributed by atoms with Gasteiger partial charge in [-0.3, -0.25) is 9.48 Å². The lowest BCUT2D eigenvalue weighted by Crippen LogP contribution is -2.19. The smallest absolute Gasteiger partial charge is 0.338 e. The molecule has 6 heteroatoms. The second kappa shape index (κ2) is 6.01. The summed E-state index contributed by atoms with van der Waals surface area (Å²) in [5.74, 6) is -1.31. The monoisotopic (exact) mass is 273 g/mol. The number of amides is 1. The Morgan fingerprint density at radius 2 is 2.10 bits per heavy atom. The predicted molar refractivity (Wildman–Crippen MR) is 73.6 cm³/mol. The van der Waals surface area contributed by atoms with Crippen LogP contribution in [0.1, 0.15) is 22.8 Å². The normalized spacial score (nSPS) is 10.2. The first-order valence-corrected chi connectivity index (χ1v) is 6.23. The molecule has 0 saturated heterocycles. The fourth-order valence-corrected chi connectivity index (χ4v) is 1.85. The molecule has 2 aromatic rings. The van der Waals surface area contributed by atoms with E-state index in [2.05, 4.69) is 10.4 Å². The Bertz CT molecular complexity index is 634. The third kappa shape index (κ3) is 3.23. The molecular formula is C14H15N3O3. The molecule has 1 amide bonds. The molecule has 1 heterocycles. The standard InChI is InChI=1S/C14H15N3O3/c1-2-10-5-3-4-6-12(10)16-13(18)9-17-8-11(7-15-17)14(19)20/h3-8H,2,9H2,1H3,(H,16,18)(H,19,20). The molecule has 0 unspecified atom stereocenters. The quantitative estimate of drug-likeness (QED) is 0.869. The molecule has 0 aliphatic carbocycles. The highest BCUT2D eigenvalue weighted by atomic mass is 16.4. The molecule has 1 aromatic carbocycles. The Morgan fingerprint density at radius 3 is 2.75 bits per heavy atom. The van der Waals surface area contributed by atoms with Gasteiger partial charge in [0, 0.05) is 11.9 Å². The number of aromatic carboxylic acids is 1. The number of nitrogens with zero attached hydrogens (tertiary/aromatic N) is 2. The first-order valence-electron chi connectivity index (χ1n) is 6.23. The van der Waals surface area contributed by atoms with Crippen LogP contribution < -0.4 is 5.32 Å². The molecule has 0 spiro atoms. The highest BCUT2D eigenvalue weighted by molar-refractivity contribution is 5.91. The van der Waals surface area contributed by atoms with E-state index in [0.717, 1.165) is 17.7 Å². The molecule has 0 aliphatic rings. The van der Waals surface area contributed by atoms with Gasteiger partial charge < -0.3 is 10.4 Å². The van der Waals surface area contributed by atoms with Crippen LogP contribution >= 0.6 is 0 Å². The molecule has 2 N–H and O–H groups in total. The minimum atomic E-state index is -1.06. The zero-order valence-corrected chi connectivity index (χ0v) is 11.0. The van der Waals surface area contributed by atoms with E-state index in [-0.39, 0.29) is 18.0 Å². The second-order valence-corrected chi connectivity index (χ2v) is 4.29.